The number of carbonyl (C=O) groups excluding carboxylic acids is 1. The number of nitrogens with zero attached hydrogens (tertiary/aromatic N) is 1. The number of amides is 2. The summed E-state index contributed by atoms with van der Waals surface area (Å²) in [6, 6.07) is -0.323. The predicted octanol–water partition coefficient (Wildman–Crippen LogP) is 0.519. The predicted molar refractivity (Wildman–Crippen MR) is 64.1 cm³/mol. The van der Waals surface area contributed by atoms with Crippen molar-refractivity contribution in [1.29, 1.82) is 0 Å². The maximum atomic E-state index is 11.6. The maximum Gasteiger partial charge on any atom is 0.318 e. The third kappa shape index (κ3) is 7.75. The molecule has 0 aliphatic carbocycles. The number of aliphatic carboxylic acids is 1. The molecule has 0 atom stereocenters. The minimum absolute atomic E-state index is 0.0319. The number of nitrogens with one attached hydrogen (secondary N) is 1. The Morgan fingerprint density at radius 3 is 2.65 bits per heavy atom. The summed E-state index contributed by atoms with van der Waals surface area (Å²) in [6.07, 6.45) is 5.56. The lowest BCUT2D eigenvalue weighted by Crippen LogP contribution is -2.40. The van der Waals surface area contributed by atoms with Crippen molar-refractivity contribution < 1.29 is 14.7 Å². The molecule has 2 amide bonds. The molecule has 0 fully saturated rings. The van der Waals surface area contributed by atoms with Gasteiger partial charge >= 0.3 is 12.0 Å². The number of carbonyl (C=O) groups is 2. The van der Waals surface area contributed by atoms with Crippen LogP contribution in [0.1, 0.15) is 19.8 Å². The Labute approximate surface area is 101 Å². The first kappa shape index (κ1) is 14.9. The number of carboxylic acid groups (broad SMARTS) is 1. The van der Waals surface area contributed by atoms with Crippen LogP contribution in [0.3, 0.4) is 0 Å². The van der Waals surface area contributed by atoms with Gasteiger partial charge in [-0.1, -0.05) is 11.8 Å². The number of hydrogen-bond donors (Lipinski definition) is 2. The van der Waals surface area contributed by atoms with E-state index in [9.17, 15) is 9.59 Å². The SMILES string of the molecule is C#CCN(CC#CC)C(=O)NCCCC(=O)O. The summed E-state index contributed by atoms with van der Waals surface area (Å²) < 4.78 is 0. The van der Waals surface area contributed by atoms with Crippen LogP contribution in [0.2, 0.25) is 0 Å². The maximum absolute atomic E-state index is 11.6. The third-order valence-corrected chi connectivity index (χ3v) is 1.86. The Morgan fingerprint density at radius 2 is 2.12 bits per heavy atom. The standard InChI is InChI=1S/C12H16N2O3/c1-3-5-10-14(9-4-2)12(17)13-8-6-7-11(15)16/h2H,6-10H2,1H3,(H,13,17)(H,15,16). The molecule has 0 spiro atoms. The van der Waals surface area contributed by atoms with Gasteiger partial charge in [0.25, 0.3) is 0 Å². The fraction of sp³-hybridized carbons (Fsp3) is 0.500. The minimum atomic E-state index is -0.878. The van der Waals surface area contributed by atoms with Gasteiger partial charge in [-0.15, -0.1) is 12.3 Å². The van der Waals surface area contributed by atoms with E-state index in [0.29, 0.717) is 13.0 Å². The lowest BCUT2D eigenvalue weighted by molar-refractivity contribution is -0.137. The molecule has 0 bridgehead atoms. The topological polar surface area (TPSA) is 69.6 Å². The van der Waals surface area contributed by atoms with Crippen LogP contribution in [0.15, 0.2) is 0 Å². The Bertz CT molecular complexity index is 360. The highest BCUT2D eigenvalue weighted by molar-refractivity contribution is 5.74. The van der Waals surface area contributed by atoms with Crippen LogP contribution in [0, 0.1) is 24.2 Å². The van der Waals surface area contributed by atoms with Gasteiger partial charge in [0.05, 0.1) is 13.1 Å². The number of urea groups is 1. The first-order valence-electron chi connectivity index (χ1n) is 5.19. The zero-order valence-electron chi connectivity index (χ0n) is 9.82. The molecule has 2 N–H and O–H groups in total. The van der Waals surface area contributed by atoms with Crippen molar-refractivity contribution in [3.63, 3.8) is 0 Å². The Hall–Kier alpha value is -2.14. The number of terminal acetylenes is 1. The smallest absolute Gasteiger partial charge is 0.318 e. The molecule has 0 aromatic heterocycles. The van der Waals surface area contributed by atoms with Crippen LogP contribution in [0.25, 0.3) is 0 Å². The zero-order chi connectivity index (χ0) is 13.1. The van der Waals surface area contributed by atoms with Gasteiger partial charge in [-0.05, 0) is 13.3 Å². The second kappa shape index (κ2) is 9.11. The van der Waals surface area contributed by atoms with Crippen molar-refractivity contribution in [1.82, 2.24) is 10.2 Å². The van der Waals surface area contributed by atoms with Gasteiger partial charge < -0.3 is 15.3 Å². The molecule has 0 saturated carbocycles. The fourth-order valence-corrected chi connectivity index (χ4v) is 1.03. The van der Waals surface area contributed by atoms with Gasteiger partial charge in [0.2, 0.25) is 0 Å². The van der Waals surface area contributed by atoms with Crippen LogP contribution in [0.4, 0.5) is 4.79 Å². The van der Waals surface area contributed by atoms with Crippen LogP contribution < -0.4 is 5.32 Å². The highest BCUT2D eigenvalue weighted by Gasteiger charge is 2.09. The zero-order valence-corrected chi connectivity index (χ0v) is 9.82. The molecular weight excluding hydrogens is 220 g/mol. The van der Waals surface area contributed by atoms with E-state index < -0.39 is 5.97 Å². The first-order chi connectivity index (χ1) is 8.11. The normalized spacial score (nSPS) is 8.47. The van der Waals surface area contributed by atoms with Gasteiger partial charge in [0.1, 0.15) is 0 Å². The summed E-state index contributed by atoms with van der Waals surface area (Å²) in [7, 11) is 0. The van der Waals surface area contributed by atoms with Gasteiger partial charge in [0, 0.05) is 13.0 Å². The van der Waals surface area contributed by atoms with Gasteiger partial charge in [-0.2, -0.15) is 0 Å². The first-order valence-corrected chi connectivity index (χ1v) is 5.19. The number of rotatable bonds is 6. The number of hydrogen-bond acceptors (Lipinski definition) is 2. The molecule has 0 aliphatic rings. The van der Waals surface area contributed by atoms with Crippen LogP contribution in [0.5, 0.6) is 0 Å². The van der Waals surface area contributed by atoms with Gasteiger partial charge in [0.15, 0.2) is 0 Å². The molecule has 5 nitrogen and oxygen atoms in total. The summed E-state index contributed by atoms with van der Waals surface area (Å²) in [4.78, 5) is 23.2. The lowest BCUT2D eigenvalue weighted by atomic mass is 10.3. The summed E-state index contributed by atoms with van der Waals surface area (Å²) in [5, 5.41) is 11.0. The number of carboxylic acids is 1. The molecule has 5 heteroatoms. The molecule has 0 aliphatic heterocycles. The van der Waals surface area contributed by atoms with Crippen molar-refractivity contribution in [2.75, 3.05) is 19.6 Å². The Morgan fingerprint density at radius 1 is 1.41 bits per heavy atom. The van der Waals surface area contributed by atoms with Crippen molar-refractivity contribution in [2.24, 2.45) is 0 Å². The summed E-state index contributed by atoms with van der Waals surface area (Å²) in [5.41, 5.74) is 0. The van der Waals surface area contributed by atoms with Crippen LogP contribution in [-0.4, -0.2) is 41.6 Å². The molecule has 0 rings (SSSR count). The molecule has 0 radical (unpaired) electrons. The third-order valence-electron chi connectivity index (χ3n) is 1.86. The second-order valence-corrected chi connectivity index (χ2v) is 3.22. The van der Waals surface area contributed by atoms with E-state index in [2.05, 4.69) is 23.1 Å². The molecule has 0 heterocycles. The molecule has 0 aromatic rings. The van der Waals surface area contributed by atoms with Crippen molar-refractivity contribution >= 4 is 12.0 Å². The molecule has 92 valence electrons. The van der Waals surface area contributed by atoms with E-state index >= 15 is 0 Å². The highest BCUT2D eigenvalue weighted by atomic mass is 16.4. The second-order valence-electron chi connectivity index (χ2n) is 3.22. The molecular formula is C12H16N2O3. The summed E-state index contributed by atoms with van der Waals surface area (Å²) >= 11 is 0. The van der Waals surface area contributed by atoms with Crippen LogP contribution in [-0.2, 0) is 4.79 Å². The Kier molecular flexibility index (Phi) is 7.97. The van der Waals surface area contributed by atoms with Crippen molar-refractivity contribution in [3.8, 4) is 24.2 Å². The van der Waals surface area contributed by atoms with Crippen LogP contribution >= 0.6 is 0 Å². The molecule has 0 saturated heterocycles. The molecule has 17 heavy (non-hydrogen) atoms. The average Bonchev–Trinajstić information content (AvgIpc) is 2.29. The molecule has 0 unspecified atom stereocenters. The van der Waals surface area contributed by atoms with Crippen molar-refractivity contribution in [3.05, 3.63) is 0 Å². The largest absolute Gasteiger partial charge is 0.481 e. The van der Waals surface area contributed by atoms with E-state index in [4.69, 9.17) is 11.5 Å². The van der Waals surface area contributed by atoms with E-state index in [1.807, 2.05) is 0 Å². The molecule has 0 aromatic carbocycles. The monoisotopic (exact) mass is 236 g/mol. The highest BCUT2D eigenvalue weighted by Crippen LogP contribution is 1.90. The minimum Gasteiger partial charge on any atom is -0.481 e. The van der Waals surface area contributed by atoms with E-state index in [1.165, 1.54) is 4.90 Å². The van der Waals surface area contributed by atoms with E-state index in [-0.39, 0.29) is 25.5 Å². The Balaban J connectivity index is 4.00. The average molecular weight is 236 g/mol. The lowest BCUT2D eigenvalue weighted by Gasteiger charge is -2.17. The van der Waals surface area contributed by atoms with Gasteiger partial charge in [-0.25, -0.2) is 4.79 Å². The van der Waals surface area contributed by atoms with E-state index in [0.717, 1.165) is 0 Å². The summed E-state index contributed by atoms with van der Waals surface area (Å²) in [6.45, 7) is 2.44. The van der Waals surface area contributed by atoms with E-state index in [1.54, 1.807) is 6.92 Å². The quantitative estimate of drug-likeness (QED) is 0.522. The fourth-order valence-electron chi connectivity index (χ4n) is 1.03. The van der Waals surface area contributed by atoms with Gasteiger partial charge in [-0.3, -0.25) is 4.79 Å². The summed E-state index contributed by atoms with van der Waals surface area (Å²) in [5.74, 6) is 6.92. The van der Waals surface area contributed by atoms with Crippen molar-refractivity contribution in [2.45, 2.75) is 19.8 Å².